The summed E-state index contributed by atoms with van der Waals surface area (Å²) in [6.07, 6.45) is -1.24. The Kier molecular flexibility index (Phi) is 11.2. The number of quaternary nitrogens is 2. The Morgan fingerprint density at radius 2 is 0.935 bits per heavy atom. The van der Waals surface area contributed by atoms with Crippen molar-refractivity contribution in [1.82, 2.24) is 0 Å². The molecule has 0 amide bonds. The number of anilines is 2. The molecule has 246 valence electrons. The molecule has 3 aromatic rings. The second-order valence-corrected chi connectivity index (χ2v) is 11.8. The lowest BCUT2D eigenvalue weighted by atomic mass is 10.2. The van der Waals surface area contributed by atoms with Crippen LogP contribution >= 0.6 is 0 Å². The van der Waals surface area contributed by atoms with E-state index in [1.165, 1.54) is 34.1 Å². The van der Waals surface area contributed by atoms with Crippen LogP contribution in [0.1, 0.15) is 0 Å². The SMILES string of the molecule is O=[N+]([O-])c1ccc(N2CC[NH+](C[C@@H](O)COc3ccc(OC[C@H](O)C[NH+]4CCN(c5ccc([N+](=O)[O-])cc5)CC4)cc3)CC2)cc1. The van der Waals surface area contributed by atoms with E-state index >= 15 is 0 Å². The third kappa shape index (κ3) is 9.26. The summed E-state index contributed by atoms with van der Waals surface area (Å²) in [4.78, 5) is 27.9. The van der Waals surface area contributed by atoms with Crippen LogP contribution in [0.5, 0.6) is 11.5 Å². The molecule has 0 radical (unpaired) electrons. The van der Waals surface area contributed by atoms with E-state index in [4.69, 9.17) is 9.47 Å². The Morgan fingerprint density at radius 3 is 1.24 bits per heavy atom. The molecule has 14 heteroatoms. The predicted molar refractivity (Wildman–Crippen MR) is 171 cm³/mol. The number of non-ortho nitro benzene ring substituents is 2. The molecule has 2 saturated heterocycles. The first-order valence-electron chi connectivity index (χ1n) is 15.6. The van der Waals surface area contributed by atoms with Gasteiger partial charge in [-0.25, -0.2) is 0 Å². The topological polar surface area (TPSA) is 161 Å². The monoisotopic (exact) mass is 638 g/mol. The van der Waals surface area contributed by atoms with E-state index in [1.54, 1.807) is 48.5 Å². The van der Waals surface area contributed by atoms with Crippen LogP contribution < -0.4 is 29.1 Å². The maximum Gasteiger partial charge on any atom is 0.269 e. The highest BCUT2D eigenvalue weighted by atomic mass is 16.6. The predicted octanol–water partition coefficient (Wildman–Crippen LogP) is -0.207. The average Bonchev–Trinajstić information content (AvgIpc) is 3.07. The Balaban J connectivity index is 0.950. The summed E-state index contributed by atoms with van der Waals surface area (Å²) in [5.41, 5.74) is 2.10. The van der Waals surface area contributed by atoms with Gasteiger partial charge in [-0.3, -0.25) is 20.2 Å². The molecule has 0 aromatic heterocycles. The van der Waals surface area contributed by atoms with Crippen molar-refractivity contribution in [3.8, 4) is 11.5 Å². The van der Waals surface area contributed by atoms with Crippen molar-refractivity contribution in [1.29, 1.82) is 0 Å². The molecule has 2 aliphatic heterocycles. The molecular weight excluding hydrogens is 596 g/mol. The van der Waals surface area contributed by atoms with E-state index in [1.807, 2.05) is 0 Å². The molecule has 0 aliphatic carbocycles. The van der Waals surface area contributed by atoms with E-state index in [-0.39, 0.29) is 24.6 Å². The zero-order valence-electron chi connectivity index (χ0n) is 25.7. The van der Waals surface area contributed by atoms with Crippen LogP contribution in [0.3, 0.4) is 0 Å². The molecule has 5 rings (SSSR count). The molecule has 2 aliphatic rings. The van der Waals surface area contributed by atoms with Crippen molar-refractivity contribution in [3.05, 3.63) is 93.0 Å². The second kappa shape index (κ2) is 15.7. The maximum absolute atomic E-state index is 10.9. The van der Waals surface area contributed by atoms with Gasteiger partial charge in [0.2, 0.25) is 0 Å². The molecule has 0 spiro atoms. The van der Waals surface area contributed by atoms with Crippen molar-refractivity contribution in [2.24, 2.45) is 0 Å². The quantitative estimate of drug-likeness (QED) is 0.138. The molecule has 2 heterocycles. The number of nitro benzene ring substituents is 2. The van der Waals surface area contributed by atoms with Gasteiger partial charge in [0.25, 0.3) is 11.4 Å². The third-order valence-electron chi connectivity index (χ3n) is 8.55. The van der Waals surface area contributed by atoms with Gasteiger partial charge in [-0.05, 0) is 48.5 Å². The first-order valence-corrected chi connectivity index (χ1v) is 15.6. The Hall–Kier alpha value is -4.50. The van der Waals surface area contributed by atoms with Crippen LogP contribution in [0, 0.1) is 20.2 Å². The molecule has 4 N–H and O–H groups in total. The maximum atomic E-state index is 10.9. The summed E-state index contributed by atoms with van der Waals surface area (Å²) in [7, 11) is 0. The molecule has 2 atom stereocenters. The van der Waals surface area contributed by atoms with Gasteiger partial charge in [0, 0.05) is 35.6 Å². The van der Waals surface area contributed by atoms with E-state index in [2.05, 4.69) is 9.80 Å². The normalized spacial score (nSPS) is 17.3. The first-order chi connectivity index (χ1) is 22.2. The minimum atomic E-state index is -0.620. The summed E-state index contributed by atoms with van der Waals surface area (Å²) < 4.78 is 11.6. The number of hydrogen-bond donors (Lipinski definition) is 4. The van der Waals surface area contributed by atoms with Gasteiger partial charge in [-0.15, -0.1) is 0 Å². The van der Waals surface area contributed by atoms with E-state index < -0.39 is 22.1 Å². The van der Waals surface area contributed by atoms with Crippen LogP contribution in [-0.2, 0) is 0 Å². The fourth-order valence-electron chi connectivity index (χ4n) is 5.94. The van der Waals surface area contributed by atoms with Crippen LogP contribution in [-0.4, -0.2) is 111 Å². The minimum Gasteiger partial charge on any atom is -0.491 e. The van der Waals surface area contributed by atoms with E-state index in [9.17, 15) is 30.4 Å². The largest absolute Gasteiger partial charge is 0.491 e. The fourth-order valence-corrected chi connectivity index (χ4v) is 5.94. The summed E-state index contributed by atoms with van der Waals surface area (Å²) in [6, 6.07) is 20.4. The number of piperazine rings is 2. The highest BCUT2D eigenvalue weighted by molar-refractivity contribution is 5.52. The Bertz CT molecular complexity index is 1300. The van der Waals surface area contributed by atoms with Crippen LogP contribution in [0.25, 0.3) is 0 Å². The lowest BCUT2D eigenvalue weighted by Crippen LogP contribution is -3.16. The van der Waals surface area contributed by atoms with Gasteiger partial charge < -0.3 is 39.3 Å². The molecule has 14 nitrogen and oxygen atoms in total. The van der Waals surface area contributed by atoms with Gasteiger partial charge in [-0.2, -0.15) is 0 Å². The van der Waals surface area contributed by atoms with E-state index in [0.717, 1.165) is 63.7 Å². The van der Waals surface area contributed by atoms with Crippen molar-refractivity contribution in [2.75, 3.05) is 88.5 Å². The van der Waals surface area contributed by atoms with Crippen molar-refractivity contribution in [2.45, 2.75) is 12.2 Å². The third-order valence-corrected chi connectivity index (χ3v) is 8.55. The van der Waals surface area contributed by atoms with Crippen LogP contribution in [0.15, 0.2) is 72.8 Å². The molecule has 2 fully saturated rings. The van der Waals surface area contributed by atoms with E-state index in [0.29, 0.717) is 24.6 Å². The van der Waals surface area contributed by atoms with Gasteiger partial charge in [0.15, 0.2) is 0 Å². The lowest BCUT2D eigenvalue weighted by molar-refractivity contribution is -0.903. The summed E-state index contributed by atoms with van der Waals surface area (Å²) >= 11 is 0. The first kappa shape index (κ1) is 32.9. The molecule has 0 saturated carbocycles. The zero-order valence-corrected chi connectivity index (χ0v) is 25.7. The fraction of sp³-hybridized carbons (Fsp3) is 0.438. The summed E-state index contributed by atoms with van der Waals surface area (Å²) in [5.74, 6) is 1.25. The number of nitro groups is 2. The molecule has 0 unspecified atom stereocenters. The molecule has 0 bridgehead atoms. The van der Waals surface area contributed by atoms with Crippen LogP contribution in [0.2, 0.25) is 0 Å². The van der Waals surface area contributed by atoms with Crippen molar-refractivity contribution >= 4 is 22.7 Å². The Labute approximate surface area is 267 Å². The van der Waals surface area contributed by atoms with Crippen LogP contribution in [0.4, 0.5) is 22.7 Å². The van der Waals surface area contributed by atoms with Gasteiger partial charge in [-0.1, -0.05) is 0 Å². The summed E-state index contributed by atoms with van der Waals surface area (Å²) in [6.45, 7) is 8.12. The number of ether oxygens (including phenoxy) is 2. The number of benzene rings is 3. The lowest BCUT2D eigenvalue weighted by Gasteiger charge is -2.34. The highest BCUT2D eigenvalue weighted by Crippen LogP contribution is 2.21. The average molecular weight is 639 g/mol. The minimum absolute atomic E-state index is 0.0833. The number of aliphatic hydroxyl groups excluding tert-OH is 2. The van der Waals surface area contributed by atoms with Gasteiger partial charge >= 0.3 is 0 Å². The van der Waals surface area contributed by atoms with Gasteiger partial charge in [0.1, 0.15) is 50.0 Å². The zero-order chi connectivity index (χ0) is 32.5. The number of aliphatic hydroxyl groups is 2. The summed E-state index contributed by atoms with van der Waals surface area (Å²) in [5, 5.41) is 42.9. The number of rotatable bonds is 14. The number of hydrogen-bond acceptors (Lipinski definition) is 10. The number of nitrogens with one attached hydrogen (secondary N) is 2. The highest BCUT2D eigenvalue weighted by Gasteiger charge is 2.25. The Morgan fingerprint density at radius 1 is 0.609 bits per heavy atom. The molecule has 3 aromatic carbocycles. The molecule has 46 heavy (non-hydrogen) atoms. The second-order valence-electron chi connectivity index (χ2n) is 11.8. The molecular formula is C32H42N6O8+2. The standard InChI is InChI=1S/C32H40N6O8/c39-29(21-33-13-17-35(18-14-33)25-1-5-27(6-2-25)37(41)42)23-45-31-9-11-32(12-10-31)46-24-30(40)22-34-15-19-36(20-16-34)26-3-7-28(8-4-26)38(43)44/h1-12,29-30,39-40H,13-24H2/p+2/t29-,30-/m1/s1. The number of nitrogens with zero attached hydrogens (tertiary/aromatic N) is 4. The van der Waals surface area contributed by atoms with Gasteiger partial charge in [0.05, 0.1) is 62.2 Å². The van der Waals surface area contributed by atoms with Crippen molar-refractivity contribution < 1.29 is 39.3 Å². The smallest absolute Gasteiger partial charge is 0.269 e. The van der Waals surface area contributed by atoms with Crippen molar-refractivity contribution in [3.63, 3.8) is 0 Å².